The number of rotatable bonds is 5. The zero-order chi connectivity index (χ0) is 16.1. The van der Waals surface area contributed by atoms with Gasteiger partial charge < -0.3 is 10.6 Å². The van der Waals surface area contributed by atoms with Crippen molar-refractivity contribution in [3.05, 3.63) is 46.2 Å². The normalized spacial score (nSPS) is 10.6. The molecule has 5 nitrogen and oxygen atoms in total. The van der Waals surface area contributed by atoms with Crippen LogP contribution in [0.1, 0.15) is 29.9 Å². The Hall–Kier alpha value is -1.95. The summed E-state index contributed by atoms with van der Waals surface area (Å²) in [5.41, 5.74) is 2.34. The average molecular weight is 363 g/mol. The Morgan fingerprint density at radius 3 is 2.77 bits per heavy atom. The van der Waals surface area contributed by atoms with E-state index in [1.807, 2.05) is 39.0 Å². The summed E-state index contributed by atoms with van der Waals surface area (Å²) in [5, 5.41) is 5.95. The van der Waals surface area contributed by atoms with Crippen LogP contribution in [0.4, 0.5) is 11.6 Å². The van der Waals surface area contributed by atoms with E-state index >= 15 is 0 Å². The Kier molecular flexibility index (Phi) is 5.49. The van der Waals surface area contributed by atoms with Crippen molar-refractivity contribution in [1.82, 2.24) is 15.3 Å². The second-order valence-corrected chi connectivity index (χ2v) is 6.31. The maximum atomic E-state index is 12.0. The molecule has 22 heavy (non-hydrogen) atoms. The van der Waals surface area contributed by atoms with E-state index in [-0.39, 0.29) is 5.91 Å². The first-order chi connectivity index (χ1) is 10.5. The summed E-state index contributed by atoms with van der Waals surface area (Å²) in [6.07, 6.45) is 1.57. The number of carbonyl (C=O) groups excluding carboxylic acids is 1. The van der Waals surface area contributed by atoms with Crippen LogP contribution in [0.2, 0.25) is 0 Å². The van der Waals surface area contributed by atoms with E-state index in [0.717, 1.165) is 15.7 Å². The van der Waals surface area contributed by atoms with Crippen LogP contribution in [0.15, 0.2) is 34.9 Å². The molecule has 0 aliphatic heterocycles. The van der Waals surface area contributed by atoms with Gasteiger partial charge >= 0.3 is 0 Å². The van der Waals surface area contributed by atoms with Gasteiger partial charge in [0, 0.05) is 22.9 Å². The Balaban J connectivity index is 2.10. The van der Waals surface area contributed by atoms with Crippen molar-refractivity contribution in [3.8, 4) is 0 Å². The molecule has 2 rings (SSSR count). The quantitative estimate of drug-likeness (QED) is 0.851. The molecule has 0 saturated carbocycles. The van der Waals surface area contributed by atoms with Crippen molar-refractivity contribution in [3.63, 3.8) is 0 Å². The highest BCUT2D eigenvalue weighted by atomic mass is 79.9. The highest BCUT2D eigenvalue weighted by Gasteiger charge is 2.09. The summed E-state index contributed by atoms with van der Waals surface area (Å²) in [6, 6.07) is 7.47. The van der Waals surface area contributed by atoms with E-state index in [2.05, 4.69) is 36.5 Å². The topological polar surface area (TPSA) is 66.9 Å². The second-order valence-electron chi connectivity index (χ2n) is 5.46. The summed E-state index contributed by atoms with van der Waals surface area (Å²) in [4.78, 5) is 20.4. The fourth-order valence-electron chi connectivity index (χ4n) is 1.78. The van der Waals surface area contributed by atoms with E-state index in [4.69, 9.17) is 0 Å². The number of nitrogens with one attached hydrogen (secondary N) is 2. The van der Waals surface area contributed by atoms with E-state index in [9.17, 15) is 4.79 Å². The van der Waals surface area contributed by atoms with Crippen LogP contribution in [0.3, 0.4) is 0 Å². The van der Waals surface area contributed by atoms with Crippen LogP contribution < -0.4 is 10.6 Å². The standard InChI is InChI=1S/C16H19BrN4O/c1-10(2)9-19-15(22)14-6-7-18-16(21-14)20-12-4-5-13(17)11(3)8-12/h4-8,10H,9H2,1-3H3,(H,19,22)(H,18,20,21). The first-order valence-corrected chi connectivity index (χ1v) is 7.89. The fourth-order valence-corrected chi connectivity index (χ4v) is 2.03. The number of anilines is 2. The molecule has 0 spiro atoms. The third-order valence-electron chi connectivity index (χ3n) is 2.97. The number of aryl methyl sites for hydroxylation is 1. The molecule has 0 radical (unpaired) electrons. The van der Waals surface area contributed by atoms with E-state index in [1.165, 1.54) is 0 Å². The molecule has 116 valence electrons. The summed E-state index contributed by atoms with van der Waals surface area (Å²) in [6.45, 7) is 6.72. The van der Waals surface area contributed by atoms with Crippen molar-refractivity contribution in [2.75, 3.05) is 11.9 Å². The van der Waals surface area contributed by atoms with Crippen LogP contribution in [0, 0.1) is 12.8 Å². The lowest BCUT2D eigenvalue weighted by Gasteiger charge is -2.09. The van der Waals surface area contributed by atoms with Crippen molar-refractivity contribution < 1.29 is 4.79 Å². The van der Waals surface area contributed by atoms with Gasteiger partial charge in [0.1, 0.15) is 5.69 Å². The van der Waals surface area contributed by atoms with Crippen molar-refractivity contribution >= 4 is 33.5 Å². The number of carbonyl (C=O) groups is 1. The van der Waals surface area contributed by atoms with Gasteiger partial charge in [-0.2, -0.15) is 0 Å². The molecule has 0 aliphatic carbocycles. The number of hydrogen-bond acceptors (Lipinski definition) is 4. The molecule has 0 unspecified atom stereocenters. The number of nitrogens with zero attached hydrogens (tertiary/aromatic N) is 2. The van der Waals surface area contributed by atoms with Crippen LogP contribution in [0.25, 0.3) is 0 Å². The number of halogens is 1. The molecule has 0 atom stereocenters. The van der Waals surface area contributed by atoms with Crippen molar-refractivity contribution in [2.45, 2.75) is 20.8 Å². The molecule has 1 amide bonds. The minimum Gasteiger partial charge on any atom is -0.350 e. The summed E-state index contributed by atoms with van der Waals surface area (Å²) in [7, 11) is 0. The molecule has 0 bridgehead atoms. The molecular weight excluding hydrogens is 344 g/mol. The number of hydrogen-bond donors (Lipinski definition) is 2. The van der Waals surface area contributed by atoms with Gasteiger partial charge in [-0.3, -0.25) is 4.79 Å². The van der Waals surface area contributed by atoms with Gasteiger partial charge in [0.25, 0.3) is 5.91 Å². The smallest absolute Gasteiger partial charge is 0.270 e. The largest absolute Gasteiger partial charge is 0.350 e. The number of aromatic nitrogens is 2. The van der Waals surface area contributed by atoms with E-state index in [1.54, 1.807) is 12.3 Å². The molecular formula is C16H19BrN4O. The Morgan fingerprint density at radius 2 is 2.09 bits per heavy atom. The van der Waals surface area contributed by atoms with Crippen molar-refractivity contribution in [1.29, 1.82) is 0 Å². The van der Waals surface area contributed by atoms with E-state index in [0.29, 0.717) is 24.1 Å². The lowest BCUT2D eigenvalue weighted by molar-refractivity contribution is 0.0944. The highest BCUT2D eigenvalue weighted by molar-refractivity contribution is 9.10. The first-order valence-electron chi connectivity index (χ1n) is 7.10. The zero-order valence-electron chi connectivity index (χ0n) is 12.9. The molecule has 2 N–H and O–H groups in total. The SMILES string of the molecule is Cc1cc(Nc2nccc(C(=O)NCC(C)C)n2)ccc1Br. The van der Waals surface area contributed by atoms with Crippen LogP contribution in [-0.4, -0.2) is 22.4 Å². The van der Waals surface area contributed by atoms with Gasteiger partial charge in [0.15, 0.2) is 0 Å². The van der Waals surface area contributed by atoms with Gasteiger partial charge in [-0.05, 0) is 42.7 Å². The van der Waals surface area contributed by atoms with Gasteiger partial charge in [-0.1, -0.05) is 29.8 Å². The van der Waals surface area contributed by atoms with Gasteiger partial charge in [0.2, 0.25) is 5.95 Å². The lowest BCUT2D eigenvalue weighted by Crippen LogP contribution is -2.28. The van der Waals surface area contributed by atoms with Gasteiger partial charge in [-0.25, -0.2) is 9.97 Å². The van der Waals surface area contributed by atoms with Gasteiger partial charge in [-0.15, -0.1) is 0 Å². The number of benzene rings is 1. The van der Waals surface area contributed by atoms with Crippen LogP contribution in [-0.2, 0) is 0 Å². The molecule has 1 aromatic carbocycles. The second kappa shape index (κ2) is 7.35. The minimum absolute atomic E-state index is 0.189. The summed E-state index contributed by atoms with van der Waals surface area (Å²) in [5.74, 6) is 0.610. The fraction of sp³-hybridized carbons (Fsp3) is 0.312. The monoisotopic (exact) mass is 362 g/mol. The molecule has 0 saturated heterocycles. The average Bonchev–Trinajstić information content (AvgIpc) is 2.49. The third kappa shape index (κ3) is 4.53. The summed E-state index contributed by atoms with van der Waals surface area (Å²) >= 11 is 3.46. The highest BCUT2D eigenvalue weighted by Crippen LogP contribution is 2.21. The maximum absolute atomic E-state index is 12.0. The van der Waals surface area contributed by atoms with Crippen molar-refractivity contribution in [2.24, 2.45) is 5.92 Å². The lowest BCUT2D eigenvalue weighted by atomic mass is 10.2. The Bertz CT molecular complexity index is 673. The molecule has 2 aromatic rings. The predicted molar refractivity (Wildman–Crippen MR) is 91.4 cm³/mol. The predicted octanol–water partition coefficient (Wildman–Crippen LogP) is 3.68. The Labute approximate surface area is 138 Å². The molecule has 1 heterocycles. The third-order valence-corrected chi connectivity index (χ3v) is 3.86. The number of amides is 1. The zero-order valence-corrected chi connectivity index (χ0v) is 14.4. The summed E-state index contributed by atoms with van der Waals surface area (Å²) < 4.78 is 1.04. The molecule has 0 aliphatic rings. The minimum atomic E-state index is -0.189. The first kappa shape index (κ1) is 16.4. The Morgan fingerprint density at radius 1 is 1.32 bits per heavy atom. The van der Waals surface area contributed by atoms with E-state index < -0.39 is 0 Å². The van der Waals surface area contributed by atoms with Crippen LogP contribution in [0.5, 0.6) is 0 Å². The van der Waals surface area contributed by atoms with Crippen LogP contribution >= 0.6 is 15.9 Å². The van der Waals surface area contributed by atoms with Gasteiger partial charge in [0.05, 0.1) is 0 Å². The molecule has 6 heteroatoms. The maximum Gasteiger partial charge on any atom is 0.270 e. The molecule has 0 fully saturated rings. The molecule has 1 aromatic heterocycles.